The predicted molar refractivity (Wildman–Crippen MR) is 135 cm³/mol. The van der Waals surface area contributed by atoms with Crippen LogP contribution in [0.2, 0.25) is 0 Å². The molecule has 1 saturated heterocycles. The number of hydrogen-bond donors (Lipinski definition) is 0. The minimum absolute atomic E-state index is 0.198. The number of aromatic nitrogens is 1. The number of hydrogen-bond acceptors (Lipinski definition) is 7. The third-order valence-electron chi connectivity index (χ3n) is 5.06. The van der Waals surface area contributed by atoms with Gasteiger partial charge in [0.1, 0.15) is 12.4 Å². The van der Waals surface area contributed by atoms with Crippen molar-refractivity contribution in [3.05, 3.63) is 45.0 Å². The summed E-state index contributed by atoms with van der Waals surface area (Å²) in [5.74, 6) is 0.609. The lowest BCUT2D eigenvalue weighted by atomic mass is 10.1. The number of thiazole rings is 1. The smallest absolute Gasteiger partial charge is 0.348 e. The van der Waals surface area contributed by atoms with Crippen LogP contribution in [0.25, 0.3) is 0 Å². The number of esters is 1. The Kier molecular flexibility index (Phi) is 10.2. The molecule has 3 rings (SSSR count). The summed E-state index contributed by atoms with van der Waals surface area (Å²) in [5, 5.41) is 15.0. The van der Waals surface area contributed by atoms with Gasteiger partial charge in [0.2, 0.25) is 0 Å². The van der Waals surface area contributed by atoms with E-state index in [-0.39, 0.29) is 13.3 Å². The molecule has 176 valence electrons. The van der Waals surface area contributed by atoms with Crippen molar-refractivity contribution >= 4 is 65.9 Å². The highest BCUT2D eigenvalue weighted by molar-refractivity contribution is 9.11. The number of nitrogens with zero attached hydrogens (tertiary/aromatic N) is 3. The largest absolute Gasteiger partial charge is 0.622 e. The molecule has 1 aromatic heterocycles. The van der Waals surface area contributed by atoms with E-state index in [1.54, 1.807) is 12.3 Å². The lowest BCUT2D eigenvalue weighted by molar-refractivity contribution is -0.155. The standard InChI is InChI=1S/C21H26Br2ClN3O4S/c22-8-1-2-10-26-13-19(27(29,15-26)21-25-12-18(23)32-21)31-20(28)14-30-17-7-3-5-16(11-17)6-4-9-24/h3,5,7,11-12,19H,1-2,4,6,8-10,13-15H2. The van der Waals surface area contributed by atoms with Crippen molar-refractivity contribution in [1.29, 1.82) is 0 Å². The molecule has 1 fully saturated rings. The molecule has 1 aliphatic rings. The minimum atomic E-state index is -0.886. The maximum absolute atomic E-state index is 13.7. The lowest BCUT2D eigenvalue weighted by Crippen LogP contribution is -2.51. The molecule has 0 spiro atoms. The van der Waals surface area contributed by atoms with Crippen LogP contribution >= 0.6 is 54.8 Å². The zero-order valence-corrected chi connectivity index (χ0v) is 22.3. The number of alkyl halides is 2. The van der Waals surface area contributed by atoms with Crippen molar-refractivity contribution in [3.63, 3.8) is 0 Å². The Morgan fingerprint density at radius 3 is 2.94 bits per heavy atom. The second kappa shape index (κ2) is 12.6. The SMILES string of the molecule is O=C(COc1cccc(CCCCl)c1)OC1CN(CCCCBr)C[N+]1([O-])c1ncc(Br)s1. The Bertz CT molecular complexity index is 890. The Morgan fingerprint density at radius 1 is 1.38 bits per heavy atom. The van der Waals surface area contributed by atoms with Gasteiger partial charge in [0.05, 0.1) is 16.5 Å². The topological polar surface area (TPSA) is 74.7 Å². The molecule has 1 aliphatic heterocycles. The summed E-state index contributed by atoms with van der Waals surface area (Å²) in [5.41, 5.74) is 1.09. The maximum atomic E-state index is 13.7. The number of ether oxygens (including phenoxy) is 2. The normalized spacial score (nSPS) is 21.1. The Morgan fingerprint density at radius 2 is 2.22 bits per heavy atom. The molecule has 0 bridgehead atoms. The van der Waals surface area contributed by atoms with Gasteiger partial charge in [0, 0.05) is 17.8 Å². The first-order valence-corrected chi connectivity index (χ1v) is 13.7. The average Bonchev–Trinajstić information content (AvgIpc) is 3.35. The molecule has 11 heteroatoms. The summed E-state index contributed by atoms with van der Waals surface area (Å²) in [6.45, 7) is 1.06. The zero-order valence-electron chi connectivity index (χ0n) is 17.6. The van der Waals surface area contributed by atoms with E-state index in [1.807, 2.05) is 23.1 Å². The van der Waals surface area contributed by atoms with Crippen LogP contribution in [0.5, 0.6) is 5.75 Å². The van der Waals surface area contributed by atoms with Crippen LogP contribution in [0.3, 0.4) is 0 Å². The molecular formula is C21H26Br2ClN3O4S. The molecular weight excluding hydrogens is 586 g/mol. The molecule has 0 N–H and O–H groups in total. The number of aryl methyl sites for hydroxylation is 1. The van der Waals surface area contributed by atoms with Crippen molar-refractivity contribution < 1.29 is 14.3 Å². The highest BCUT2D eigenvalue weighted by Crippen LogP contribution is 2.37. The quantitative estimate of drug-likeness (QED) is 0.107. The van der Waals surface area contributed by atoms with Gasteiger partial charge < -0.3 is 14.7 Å². The van der Waals surface area contributed by atoms with Crippen molar-refractivity contribution in [2.75, 3.05) is 37.6 Å². The third kappa shape index (κ3) is 7.12. The number of carbonyl (C=O) groups is 1. The minimum Gasteiger partial charge on any atom is -0.622 e. The molecule has 2 heterocycles. The van der Waals surface area contributed by atoms with E-state index in [0.29, 0.717) is 23.3 Å². The monoisotopic (exact) mass is 609 g/mol. The molecule has 2 atom stereocenters. The van der Waals surface area contributed by atoms with Crippen LogP contribution in [0.15, 0.2) is 34.2 Å². The number of halogens is 3. The zero-order chi connectivity index (χ0) is 23.0. The fourth-order valence-electron chi connectivity index (χ4n) is 3.51. The van der Waals surface area contributed by atoms with E-state index in [1.165, 1.54) is 11.3 Å². The first-order valence-electron chi connectivity index (χ1n) is 10.4. The van der Waals surface area contributed by atoms with Crippen molar-refractivity contribution in [2.24, 2.45) is 0 Å². The Labute approximate surface area is 214 Å². The number of hydroxylamine groups is 2. The Balaban J connectivity index is 1.62. The van der Waals surface area contributed by atoms with Crippen molar-refractivity contribution in [3.8, 4) is 5.75 Å². The first kappa shape index (κ1) is 25.9. The highest BCUT2D eigenvalue weighted by atomic mass is 79.9. The highest BCUT2D eigenvalue weighted by Gasteiger charge is 2.45. The fraction of sp³-hybridized carbons (Fsp3) is 0.524. The van der Waals surface area contributed by atoms with Crippen molar-refractivity contribution in [2.45, 2.75) is 31.9 Å². The van der Waals surface area contributed by atoms with Gasteiger partial charge in [0.25, 0.3) is 11.4 Å². The number of benzene rings is 1. The summed E-state index contributed by atoms with van der Waals surface area (Å²) in [6.07, 6.45) is 4.40. The summed E-state index contributed by atoms with van der Waals surface area (Å²) < 4.78 is 11.2. The van der Waals surface area contributed by atoms with Gasteiger partial charge in [-0.2, -0.15) is 4.98 Å². The fourth-order valence-corrected chi connectivity index (χ4v) is 5.29. The van der Waals surface area contributed by atoms with E-state index in [2.05, 4.69) is 36.8 Å². The van der Waals surface area contributed by atoms with Crippen LogP contribution in [0.4, 0.5) is 5.13 Å². The number of unbranched alkanes of at least 4 members (excludes halogenated alkanes) is 1. The van der Waals surface area contributed by atoms with Gasteiger partial charge in [-0.25, -0.2) is 9.69 Å². The molecule has 1 aromatic carbocycles. The van der Waals surface area contributed by atoms with E-state index in [0.717, 1.165) is 46.9 Å². The van der Waals surface area contributed by atoms with Crippen LogP contribution in [-0.2, 0) is 16.0 Å². The molecule has 0 radical (unpaired) electrons. The van der Waals surface area contributed by atoms with E-state index in [4.69, 9.17) is 21.1 Å². The van der Waals surface area contributed by atoms with Crippen LogP contribution in [0, 0.1) is 5.21 Å². The Hall–Kier alpha value is -0.750. The van der Waals surface area contributed by atoms with Gasteiger partial charge >= 0.3 is 5.97 Å². The summed E-state index contributed by atoms with van der Waals surface area (Å²) >= 11 is 13.8. The van der Waals surface area contributed by atoms with Crippen LogP contribution in [0.1, 0.15) is 24.8 Å². The predicted octanol–water partition coefficient (Wildman–Crippen LogP) is 5.28. The molecule has 0 aliphatic carbocycles. The van der Waals surface area contributed by atoms with Crippen molar-refractivity contribution in [1.82, 2.24) is 14.5 Å². The first-order chi connectivity index (χ1) is 15.4. The third-order valence-corrected chi connectivity index (χ3v) is 7.47. The number of carbonyl (C=O) groups excluding carboxylic acids is 1. The van der Waals surface area contributed by atoms with Gasteiger partial charge in [-0.3, -0.25) is 4.65 Å². The van der Waals surface area contributed by atoms with Crippen LogP contribution in [-0.4, -0.2) is 59.7 Å². The molecule has 2 aromatic rings. The molecule has 2 unspecified atom stereocenters. The second-order valence-corrected chi connectivity index (χ2v) is 11.1. The second-order valence-electron chi connectivity index (χ2n) is 7.53. The number of quaternary nitrogens is 1. The molecule has 0 amide bonds. The van der Waals surface area contributed by atoms with Gasteiger partial charge in [-0.05, 0) is 70.6 Å². The molecule has 32 heavy (non-hydrogen) atoms. The molecule has 7 nitrogen and oxygen atoms in total. The van der Waals surface area contributed by atoms with E-state index >= 15 is 0 Å². The van der Waals surface area contributed by atoms with Gasteiger partial charge in [-0.15, -0.1) is 11.6 Å². The van der Waals surface area contributed by atoms with E-state index < -0.39 is 16.8 Å². The van der Waals surface area contributed by atoms with Gasteiger partial charge in [-0.1, -0.05) is 28.1 Å². The maximum Gasteiger partial charge on any atom is 0.348 e. The summed E-state index contributed by atoms with van der Waals surface area (Å²) in [4.78, 5) is 18.8. The molecule has 0 saturated carbocycles. The van der Waals surface area contributed by atoms with Crippen LogP contribution < -0.4 is 9.38 Å². The summed E-state index contributed by atoms with van der Waals surface area (Å²) in [7, 11) is 0. The lowest BCUT2D eigenvalue weighted by Gasteiger charge is -2.38. The average molecular weight is 612 g/mol. The number of rotatable bonds is 12. The summed E-state index contributed by atoms with van der Waals surface area (Å²) in [6, 6.07) is 7.56. The van der Waals surface area contributed by atoms with Gasteiger partial charge in [0.15, 0.2) is 6.61 Å². The van der Waals surface area contributed by atoms with E-state index in [9.17, 15) is 10.0 Å².